The third-order valence-corrected chi connectivity index (χ3v) is 4.91. The maximum Gasteiger partial charge on any atom is 0.102 e. The quantitative estimate of drug-likeness (QED) is 0.210. The second-order valence-corrected chi connectivity index (χ2v) is 7.78. The van der Waals surface area contributed by atoms with Gasteiger partial charge in [-0.3, -0.25) is 0 Å². The van der Waals surface area contributed by atoms with Gasteiger partial charge in [-0.05, 0) is 26.2 Å². The second-order valence-electron chi connectivity index (χ2n) is 7.78. The monoisotopic (exact) mass is 342 g/mol. The number of aliphatic hydroxyl groups is 1. The lowest BCUT2D eigenvalue weighted by molar-refractivity contribution is 0.168. The summed E-state index contributed by atoms with van der Waals surface area (Å²) < 4.78 is 0. The zero-order chi connectivity index (χ0) is 17.9. The predicted octanol–water partition coefficient (Wildman–Crippen LogP) is 5.63. The Balaban J connectivity index is 2.98. The van der Waals surface area contributed by atoms with Gasteiger partial charge in [0.1, 0.15) is 6.23 Å². The summed E-state index contributed by atoms with van der Waals surface area (Å²) in [5.41, 5.74) is 11.1. The molecule has 3 heteroatoms. The molecule has 0 fully saturated rings. The van der Waals surface area contributed by atoms with Crippen LogP contribution in [0.25, 0.3) is 0 Å². The lowest BCUT2D eigenvalue weighted by Gasteiger charge is -2.05. The summed E-state index contributed by atoms with van der Waals surface area (Å²) in [6.07, 6.45) is 23.1. The molecule has 5 N–H and O–H groups in total. The van der Waals surface area contributed by atoms with Crippen molar-refractivity contribution in [2.24, 2.45) is 11.5 Å². The highest BCUT2D eigenvalue weighted by Gasteiger charge is 1.97. The smallest absolute Gasteiger partial charge is 0.102 e. The first-order valence-electron chi connectivity index (χ1n) is 10.8. The first-order chi connectivity index (χ1) is 11.6. The first-order valence-corrected chi connectivity index (χ1v) is 10.8. The molecule has 0 aromatic heterocycles. The summed E-state index contributed by atoms with van der Waals surface area (Å²) >= 11 is 0. The molecule has 2 atom stereocenters. The number of hydrogen-bond donors (Lipinski definition) is 3. The predicted molar refractivity (Wildman–Crippen MR) is 107 cm³/mol. The number of nitrogens with two attached hydrogens (primary N) is 2. The third kappa shape index (κ3) is 21.9. The Bertz CT molecular complexity index is 208. The largest absolute Gasteiger partial charge is 0.379 e. The van der Waals surface area contributed by atoms with Crippen molar-refractivity contribution in [2.45, 2.75) is 135 Å². The SMILES string of the molecule is CC(N)CCCCCCCCCCCCCCCCCCC(N)O. The van der Waals surface area contributed by atoms with Gasteiger partial charge in [-0.25, -0.2) is 0 Å². The zero-order valence-corrected chi connectivity index (χ0v) is 16.5. The van der Waals surface area contributed by atoms with Gasteiger partial charge < -0.3 is 16.6 Å². The van der Waals surface area contributed by atoms with Gasteiger partial charge in [-0.1, -0.05) is 96.3 Å². The van der Waals surface area contributed by atoms with Gasteiger partial charge in [0.05, 0.1) is 0 Å². The molecular formula is C21H46N2O. The van der Waals surface area contributed by atoms with E-state index in [0.29, 0.717) is 6.04 Å². The minimum Gasteiger partial charge on any atom is -0.379 e. The third-order valence-electron chi connectivity index (χ3n) is 4.91. The summed E-state index contributed by atoms with van der Waals surface area (Å²) in [5, 5.41) is 8.97. The molecule has 0 aliphatic heterocycles. The molecule has 146 valence electrons. The van der Waals surface area contributed by atoms with Gasteiger partial charge in [-0.2, -0.15) is 0 Å². The Morgan fingerprint density at radius 3 is 1.00 bits per heavy atom. The van der Waals surface area contributed by atoms with Crippen molar-refractivity contribution in [3.8, 4) is 0 Å². The van der Waals surface area contributed by atoms with Crippen molar-refractivity contribution >= 4 is 0 Å². The Kier molecular flexibility index (Phi) is 19.1. The second kappa shape index (κ2) is 19.2. The zero-order valence-electron chi connectivity index (χ0n) is 16.5. The van der Waals surface area contributed by atoms with Crippen LogP contribution in [0.4, 0.5) is 0 Å². The van der Waals surface area contributed by atoms with Gasteiger partial charge in [0.15, 0.2) is 0 Å². The van der Waals surface area contributed by atoms with Crippen molar-refractivity contribution in [3.63, 3.8) is 0 Å². The van der Waals surface area contributed by atoms with Crippen LogP contribution in [0.5, 0.6) is 0 Å². The Morgan fingerprint density at radius 2 is 0.750 bits per heavy atom. The van der Waals surface area contributed by atoms with Crippen molar-refractivity contribution in [1.29, 1.82) is 0 Å². The fourth-order valence-electron chi connectivity index (χ4n) is 3.29. The molecule has 0 aliphatic rings. The lowest BCUT2D eigenvalue weighted by atomic mass is 10.0. The molecule has 0 aromatic rings. The summed E-state index contributed by atoms with van der Waals surface area (Å²) in [4.78, 5) is 0. The van der Waals surface area contributed by atoms with E-state index in [2.05, 4.69) is 6.92 Å². The van der Waals surface area contributed by atoms with Crippen molar-refractivity contribution in [1.82, 2.24) is 0 Å². The van der Waals surface area contributed by atoms with Gasteiger partial charge in [0.2, 0.25) is 0 Å². The molecule has 24 heavy (non-hydrogen) atoms. The van der Waals surface area contributed by atoms with E-state index in [4.69, 9.17) is 16.6 Å². The van der Waals surface area contributed by atoms with Crippen molar-refractivity contribution in [3.05, 3.63) is 0 Å². The molecule has 0 spiro atoms. The number of rotatable bonds is 19. The van der Waals surface area contributed by atoms with Crippen LogP contribution in [0.3, 0.4) is 0 Å². The minimum atomic E-state index is -0.607. The molecule has 0 saturated heterocycles. The highest BCUT2D eigenvalue weighted by Crippen LogP contribution is 2.14. The molecule has 0 bridgehead atoms. The Morgan fingerprint density at radius 1 is 0.500 bits per heavy atom. The molecule has 0 aliphatic carbocycles. The Labute approximate surface area is 152 Å². The Hall–Kier alpha value is -0.120. The molecule has 0 radical (unpaired) electrons. The van der Waals surface area contributed by atoms with E-state index in [9.17, 15) is 0 Å². The summed E-state index contributed by atoms with van der Waals surface area (Å²) in [6, 6.07) is 0.384. The number of hydrogen-bond acceptors (Lipinski definition) is 3. The lowest BCUT2D eigenvalue weighted by Crippen LogP contribution is -2.17. The van der Waals surface area contributed by atoms with Crippen LogP contribution in [0.1, 0.15) is 122 Å². The van der Waals surface area contributed by atoms with Crippen LogP contribution in [0.2, 0.25) is 0 Å². The fraction of sp³-hybridized carbons (Fsp3) is 1.00. The van der Waals surface area contributed by atoms with E-state index in [-0.39, 0.29) is 0 Å². The van der Waals surface area contributed by atoms with Crippen LogP contribution in [-0.4, -0.2) is 17.4 Å². The highest BCUT2D eigenvalue weighted by atomic mass is 16.3. The summed E-state index contributed by atoms with van der Waals surface area (Å²) in [5.74, 6) is 0. The van der Waals surface area contributed by atoms with Crippen molar-refractivity contribution in [2.75, 3.05) is 0 Å². The molecular weight excluding hydrogens is 296 g/mol. The van der Waals surface area contributed by atoms with Crippen LogP contribution < -0.4 is 11.5 Å². The molecule has 0 saturated carbocycles. The molecule has 3 nitrogen and oxygen atoms in total. The van der Waals surface area contributed by atoms with Crippen LogP contribution in [0, 0.1) is 0 Å². The van der Waals surface area contributed by atoms with Gasteiger partial charge >= 0.3 is 0 Å². The summed E-state index contributed by atoms with van der Waals surface area (Å²) in [6.45, 7) is 2.11. The van der Waals surface area contributed by atoms with Crippen LogP contribution in [-0.2, 0) is 0 Å². The number of unbranched alkanes of at least 4 members (excludes halogenated alkanes) is 15. The fourth-order valence-corrected chi connectivity index (χ4v) is 3.29. The van der Waals surface area contributed by atoms with Crippen LogP contribution >= 0.6 is 0 Å². The molecule has 0 aromatic carbocycles. The maximum absolute atomic E-state index is 8.97. The molecule has 0 rings (SSSR count). The van der Waals surface area contributed by atoms with E-state index in [1.807, 2.05) is 0 Å². The van der Waals surface area contributed by atoms with E-state index in [1.54, 1.807) is 0 Å². The van der Waals surface area contributed by atoms with Gasteiger partial charge in [-0.15, -0.1) is 0 Å². The van der Waals surface area contributed by atoms with E-state index in [0.717, 1.165) is 12.8 Å². The highest BCUT2D eigenvalue weighted by molar-refractivity contribution is 4.54. The maximum atomic E-state index is 8.97. The van der Waals surface area contributed by atoms with Crippen LogP contribution in [0.15, 0.2) is 0 Å². The minimum absolute atomic E-state index is 0.384. The molecule has 2 unspecified atom stereocenters. The van der Waals surface area contributed by atoms with Crippen molar-refractivity contribution < 1.29 is 5.11 Å². The van der Waals surface area contributed by atoms with E-state index in [1.165, 1.54) is 103 Å². The van der Waals surface area contributed by atoms with Gasteiger partial charge in [0.25, 0.3) is 0 Å². The average molecular weight is 343 g/mol. The molecule has 0 heterocycles. The topological polar surface area (TPSA) is 72.3 Å². The average Bonchev–Trinajstić information content (AvgIpc) is 2.53. The van der Waals surface area contributed by atoms with E-state index >= 15 is 0 Å². The normalized spacial score (nSPS) is 14.0. The van der Waals surface area contributed by atoms with Gasteiger partial charge in [0, 0.05) is 6.04 Å². The standard InChI is InChI=1S/C21H46N2O/c1-20(22)18-16-14-12-10-8-6-4-2-3-5-7-9-11-13-15-17-19-21(23)24/h20-21,24H,2-19,22-23H2,1H3. The first kappa shape index (κ1) is 23.9. The number of aliphatic hydroxyl groups excluding tert-OH is 1. The van der Waals surface area contributed by atoms with E-state index < -0.39 is 6.23 Å². The molecule has 0 amide bonds. The summed E-state index contributed by atoms with van der Waals surface area (Å²) in [7, 11) is 0.